The highest BCUT2D eigenvalue weighted by Crippen LogP contribution is 2.47. The first-order valence-electron chi connectivity index (χ1n) is 11.5. The summed E-state index contributed by atoms with van der Waals surface area (Å²) in [5.41, 5.74) is 5.08. The van der Waals surface area contributed by atoms with Crippen LogP contribution in [-0.2, 0) is 0 Å². The molecule has 0 unspecified atom stereocenters. The lowest BCUT2D eigenvalue weighted by molar-refractivity contribution is 0.0700. The van der Waals surface area contributed by atoms with Gasteiger partial charge in [0.2, 0.25) is 0 Å². The van der Waals surface area contributed by atoms with Crippen LogP contribution >= 0.6 is 0 Å². The zero-order valence-corrected chi connectivity index (χ0v) is 19.3. The second-order valence-corrected chi connectivity index (χ2v) is 9.15. The summed E-state index contributed by atoms with van der Waals surface area (Å²) in [6, 6.07) is 17.0. The Bertz CT molecular complexity index is 1230. The van der Waals surface area contributed by atoms with Crippen molar-refractivity contribution in [2.45, 2.75) is 18.5 Å². The Hall–Kier alpha value is -3.71. The minimum atomic E-state index is -0.146. The van der Waals surface area contributed by atoms with E-state index < -0.39 is 0 Å². The van der Waals surface area contributed by atoms with Crippen molar-refractivity contribution in [1.82, 2.24) is 14.8 Å². The summed E-state index contributed by atoms with van der Waals surface area (Å²) in [7, 11) is 3.48. The van der Waals surface area contributed by atoms with Gasteiger partial charge in [0.05, 0.1) is 24.3 Å². The van der Waals surface area contributed by atoms with E-state index in [4.69, 9.17) is 0 Å². The molecule has 3 atom stereocenters. The molecular formula is C27H28N4O3. The monoisotopic (exact) mass is 456 g/mol. The molecular weight excluding hydrogens is 428 g/mol. The Morgan fingerprint density at radius 1 is 1.09 bits per heavy atom. The van der Waals surface area contributed by atoms with E-state index in [1.54, 1.807) is 43.5 Å². The van der Waals surface area contributed by atoms with Gasteiger partial charge in [-0.25, -0.2) is 0 Å². The first kappa shape index (κ1) is 22.1. The van der Waals surface area contributed by atoms with E-state index in [0.29, 0.717) is 17.7 Å². The summed E-state index contributed by atoms with van der Waals surface area (Å²) in [6.45, 7) is 0.629. The van der Waals surface area contributed by atoms with Gasteiger partial charge in [0.15, 0.2) is 0 Å². The molecule has 0 bridgehead atoms. The predicted molar refractivity (Wildman–Crippen MR) is 131 cm³/mol. The smallest absolute Gasteiger partial charge is 0.255 e. The molecule has 2 amide bonds. The molecule has 7 heteroatoms. The highest BCUT2D eigenvalue weighted by atomic mass is 16.3. The molecule has 7 nitrogen and oxygen atoms in total. The Kier molecular flexibility index (Phi) is 5.79. The van der Waals surface area contributed by atoms with Crippen molar-refractivity contribution in [3.05, 3.63) is 83.7 Å². The Morgan fingerprint density at radius 2 is 1.88 bits per heavy atom. The number of carbonyl (C=O) groups is 2. The number of aliphatic hydroxyl groups excluding tert-OH is 1. The lowest BCUT2D eigenvalue weighted by Gasteiger charge is -2.39. The number of amides is 2. The van der Waals surface area contributed by atoms with E-state index in [-0.39, 0.29) is 36.4 Å². The third-order valence-corrected chi connectivity index (χ3v) is 6.89. The van der Waals surface area contributed by atoms with Crippen LogP contribution in [0.3, 0.4) is 0 Å². The Morgan fingerprint density at radius 3 is 2.62 bits per heavy atom. The number of hydrogen-bond acceptors (Lipinski definition) is 5. The SMILES string of the molecule is CN(C)C(=O)c1cccc(-c2ccc3c(c2)[C@H]2[C@H](CCN2C(=O)c2cccnc2)[C@H](CO)N3)c1. The molecule has 1 saturated heterocycles. The number of carbonyl (C=O) groups excluding carboxylic acids is 2. The minimum absolute atomic E-state index is 0.00593. The number of anilines is 1. The van der Waals surface area contributed by atoms with Crippen LogP contribution in [0.25, 0.3) is 11.1 Å². The zero-order valence-electron chi connectivity index (χ0n) is 19.3. The van der Waals surface area contributed by atoms with Crippen LogP contribution in [0, 0.1) is 5.92 Å². The third-order valence-electron chi connectivity index (χ3n) is 6.89. The van der Waals surface area contributed by atoms with Crippen LogP contribution in [0.1, 0.15) is 38.7 Å². The molecule has 2 aliphatic rings. The number of nitrogens with one attached hydrogen (secondary N) is 1. The van der Waals surface area contributed by atoms with Crippen molar-refractivity contribution in [2.24, 2.45) is 5.92 Å². The molecule has 2 aliphatic heterocycles. The number of aliphatic hydroxyl groups is 1. The summed E-state index contributed by atoms with van der Waals surface area (Å²) >= 11 is 0. The van der Waals surface area contributed by atoms with Gasteiger partial charge >= 0.3 is 0 Å². The van der Waals surface area contributed by atoms with Crippen LogP contribution in [0.2, 0.25) is 0 Å². The topological polar surface area (TPSA) is 85.8 Å². The van der Waals surface area contributed by atoms with Crippen molar-refractivity contribution in [2.75, 3.05) is 32.6 Å². The lowest BCUT2D eigenvalue weighted by atomic mass is 9.82. The van der Waals surface area contributed by atoms with Crippen molar-refractivity contribution in [1.29, 1.82) is 0 Å². The summed E-state index contributed by atoms with van der Waals surface area (Å²) in [6.07, 6.45) is 4.07. The molecule has 5 rings (SSSR count). The second-order valence-electron chi connectivity index (χ2n) is 9.15. The summed E-state index contributed by atoms with van der Waals surface area (Å²) in [5, 5.41) is 13.5. The molecule has 0 saturated carbocycles. The van der Waals surface area contributed by atoms with Crippen LogP contribution < -0.4 is 5.32 Å². The van der Waals surface area contributed by atoms with E-state index in [1.165, 1.54) is 0 Å². The van der Waals surface area contributed by atoms with E-state index in [1.807, 2.05) is 41.3 Å². The number of hydrogen-bond donors (Lipinski definition) is 2. The molecule has 3 heterocycles. The van der Waals surface area contributed by atoms with Gasteiger partial charge in [0.1, 0.15) is 0 Å². The lowest BCUT2D eigenvalue weighted by Crippen LogP contribution is -2.42. The van der Waals surface area contributed by atoms with Gasteiger partial charge in [0, 0.05) is 50.2 Å². The van der Waals surface area contributed by atoms with Gasteiger partial charge < -0.3 is 20.2 Å². The summed E-state index contributed by atoms with van der Waals surface area (Å²) in [5.74, 6) is 0.0144. The highest BCUT2D eigenvalue weighted by molar-refractivity contribution is 5.96. The number of likely N-dealkylation sites (tertiary alicyclic amines) is 1. The van der Waals surface area contributed by atoms with Crippen molar-refractivity contribution in [3.63, 3.8) is 0 Å². The van der Waals surface area contributed by atoms with E-state index >= 15 is 0 Å². The Balaban J connectivity index is 1.55. The molecule has 0 spiro atoms. The van der Waals surface area contributed by atoms with Crippen LogP contribution in [0.15, 0.2) is 67.0 Å². The summed E-state index contributed by atoms with van der Waals surface area (Å²) in [4.78, 5) is 33.5. The minimum Gasteiger partial charge on any atom is -0.394 e. The molecule has 1 aromatic heterocycles. The highest BCUT2D eigenvalue weighted by Gasteiger charge is 2.45. The second kappa shape index (κ2) is 8.91. The van der Waals surface area contributed by atoms with E-state index in [0.717, 1.165) is 28.8 Å². The zero-order chi connectivity index (χ0) is 23.8. The van der Waals surface area contributed by atoms with Gasteiger partial charge in [-0.05, 0) is 59.5 Å². The van der Waals surface area contributed by atoms with Crippen LogP contribution in [-0.4, -0.2) is 65.0 Å². The number of rotatable bonds is 4. The third kappa shape index (κ3) is 3.82. The quantitative estimate of drug-likeness (QED) is 0.628. The average Bonchev–Trinajstić information content (AvgIpc) is 3.33. The molecule has 1 fully saturated rings. The molecule has 0 radical (unpaired) electrons. The predicted octanol–water partition coefficient (Wildman–Crippen LogP) is 3.44. The van der Waals surface area contributed by atoms with Crippen molar-refractivity contribution < 1.29 is 14.7 Å². The fraction of sp³-hybridized carbons (Fsp3) is 0.296. The number of nitrogens with zero attached hydrogens (tertiary/aromatic N) is 3. The average molecular weight is 457 g/mol. The molecule has 0 aliphatic carbocycles. The van der Waals surface area contributed by atoms with Gasteiger partial charge in [-0.15, -0.1) is 0 Å². The molecule has 2 aromatic carbocycles. The maximum absolute atomic E-state index is 13.4. The van der Waals surface area contributed by atoms with Gasteiger partial charge in [0.25, 0.3) is 11.8 Å². The van der Waals surface area contributed by atoms with E-state index in [9.17, 15) is 14.7 Å². The Labute approximate surface area is 199 Å². The van der Waals surface area contributed by atoms with E-state index in [2.05, 4.69) is 16.4 Å². The standard InChI is InChI=1S/C27H28N4O3/c1-30(2)26(33)19-6-3-5-17(13-19)18-8-9-23-22(14-18)25-21(24(16-32)29-23)10-12-31(25)27(34)20-7-4-11-28-15-20/h3-9,11,13-15,21,24-25,29,32H,10,12,16H2,1-2H3/t21-,24+,25-/m1/s1. The molecule has 3 aromatic rings. The molecule has 2 N–H and O–H groups in total. The fourth-order valence-corrected chi connectivity index (χ4v) is 5.22. The van der Waals surface area contributed by atoms with Gasteiger partial charge in [-0.1, -0.05) is 18.2 Å². The first-order valence-corrected chi connectivity index (χ1v) is 11.5. The van der Waals surface area contributed by atoms with Gasteiger partial charge in [-0.2, -0.15) is 0 Å². The van der Waals surface area contributed by atoms with Crippen molar-refractivity contribution >= 4 is 17.5 Å². The van der Waals surface area contributed by atoms with Crippen molar-refractivity contribution in [3.8, 4) is 11.1 Å². The fourth-order valence-electron chi connectivity index (χ4n) is 5.22. The largest absolute Gasteiger partial charge is 0.394 e. The number of pyridine rings is 1. The maximum atomic E-state index is 13.4. The normalized spacial score (nSPS) is 20.8. The maximum Gasteiger partial charge on any atom is 0.255 e. The first-order chi connectivity index (χ1) is 16.5. The number of benzene rings is 2. The van der Waals surface area contributed by atoms with Crippen LogP contribution in [0.5, 0.6) is 0 Å². The van der Waals surface area contributed by atoms with Crippen LogP contribution in [0.4, 0.5) is 5.69 Å². The number of aromatic nitrogens is 1. The molecule has 34 heavy (non-hydrogen) atoms. The molecule has 174 valence electrons. The number of fused-ring (bicyclic) bond motifs is 3. The summed E-state index contributed by atoms with van der Waals surface area (Å²) < 4.78 is 0. The van der Waals surface area contributed by atoms with Gasteiger partial charge in [-0.3, -0.25) is 14.6 Å².